The van der Waals surface area contributed by atoms with E-state index in [2.05, 4.69) is 41.3 Å². The molecule has 5 heteroatoms. The van der Waals surface area contributed by atoms with Crippen molar-refractivity contribution in [3.05, 3.63) is 36.7 Å². The molecule has 0 atom stereocenters. The first kappa shape index (κ1) is 13.3. The number of aromatic nitrogens is 2. The molecule has 0 bridgehead atoms. The molecule has 2 aromatic rings. The molecule has 0 saturated carbocycles. The molecule has 100 valence electrons. The fourth-order valence-electron chi connectivity index (χ4n) is 1.62. The van der Waals surface area contributed by atoms with Crippen molar-refractivity contribution in [2.45, 2.75) is 26.3 Å². The van der Waals surface area contributed by atoms with Crippen LogP contribution in [0.5, 0.6) is 0 Å². The zero-order valence-electron chi connectivity index (χ0n) is 11.8. The number of benzene rings is 1. The Morgan fingerprint density at radius 3 is 2.53 bits per heavy atom. The lowest BCUT2D eigenvalue weighted by Crippen LogP contribution is -2.25. The van der Waals surface area contributed by atoms with Crippen LogP contribution < -0.4 is 5.32 Å². The molecule has 0 saturated heterocycles. The van der Waals surface area contributed by atoms with Gasteiger partial charge in [-0.2, -0.15) is 0 Å². The van der Waals surface area contributed by atoms with E-state index in [0.29, 0.717) is 5.95 Å². The Morgan fingerprint density at radius 2 is 1.89 bits per heavy atom. The number of hydrogen-bond acceptors (Lipinski definition) is 4. The van der Waals surface area contributed by atoms with E-state index in [1.807, 2.05) is 42.1 Å². The van der Waals surface area contributed by atoms with Gasteiger partial charge >= 0.3 is 0 Å². The monoisotopic (exact) mass is 257 g/mol. The number of azo groups is 1. The van der Waals surface area contributed by atoms with Crippen molar-refractivity contribution in [2.75, 3.05) is 5.32 Å². The highest BCUT2D eigenvalue weighted by atomic mass is 15.3. The molecule has 0 fully saturated rings. The largest absolute Gasteiger partial charge is 0.379 e. The Hall–Kier alpha value is -2.17. The van der Waals surface area contributed by atoms with Gasteiger partial charge in [0.25, 0.3) is 0 Å². The van der Waals surface area contributed by atoms with Gasteiger partial charge in [0.1, 0.15) is 5.69 Å². The van der Waals surface area contributed by atoms with Gasteiger partial charge in [-0.05, 0) is 32.9 Å². The second kappa shape index (κ2) is 5.22. The topological polar surface area (TPSA) is 54.6 Å². The summed E-state index contributed by atoms with van der Waals surface area (Å²) < 4.78 is 1.82. The second-order valence-electron chi connectivity index (χ2n) is 5.43. The highest BCUT2D eigenvalue weighted by molar-refractivity contribution is 5.65. The molecule has 0 aliphatic heterocycles. The van der Waals surface area contributed by atoms with Crippen molar-refractivity contribution in [3.63, 3.8) is 0 Å². The van der Waals surface area contributed by atoms with Gasteiger partial charge in [-0.25, -0.2) is 4.98 Å². The molecule has 19 heavy (non-hydrogen) atoms. The van der Waals surface area contributed by atoms with E-state index in [0.717, 1.165) is 11.4 Å². The molecule has 1 aromatic carbocycles. The Bertz CT molecular complexity index is 578. The first-order valence-corrected chi connectivity index (χ1v) is 6.22. The van der Waals surface area contributed by atoms with Gasteiger partial charge in [0, 0.05) is 25.0 Å². The van der Waals surface area contributed by atoms with Crippen LogP contribution in [-0.2, 0) is 7.05 Å². The number of imidazole rings is 1. The number of anilines is 1. The average molecular weight is 257 g/mol. The molecular weight excluding hydrogens is 238 g/mol. The third-order valence-corrected chi connectivity index (χ3v) is 2.46. The fourth-order valence-corrected chi connectivity index (χ4v) is 1.62. The second-order valence-corrected chi connectivity index (χ2v) is 5.43. The van der Waals surface area contributed by atoms with Crippen molar-refractivity contribution < 1.29 is 0 Å². The maximum Gasteiger partial charge on any atom is 0.249 e. The minimum atomic E-state index is -0.0190. The molecule has 2 rings (SSSR count). The predicted molar refractivity (Wildman–Crippen MR) is 77.2 cm³/mol. The Labute approximate surface area is 113 Å². The minimum Gasteiger partial charge on any atom is -0.379 e. The third-order valence-electron chi connectivity index (χ3n) is 2.46. The summed E-state index contributed by atoms with van der Waals surface area (Å²) in [5.41, 5.74) is 1.75. The molecule has 1 aromatic heterocycles. The molecule has 1 heterocycles. The molecule has 0 radical (unpaired) electrons. The molecule has 0 unspecified atom stereocenters. The van der Waals surface area contributed by atoms with Crippen LogP contribution in [0.4, 0.5) is 17.3 Å². The van der Waals surface area contributed by atoms with E-state index in [1.54, 1.807) is 6.20 Å². The average Bonchev–Trinajstić information content (AvgIpc) is 2.72. The summed E-state index contributed by atoms with van der Waals surface area (Å²) in [7, 11) is 1.89. The van der Waals surface area contributed by atoms with Crippen LogP contribution in [0.15, 0.2) is 46.9 Å². The lowest BCUT2D eigenvalue weighted by atomic mass is 10.1. The van der Waals surface area contributed by atoms with Gasteiger partial charge in [-0.15, -0.1) is 10.2 Å². The van der Waals surface area contributed by atoms with Gasteiger partial charge in [-0.3, -0.25) is 0 Å². The van der Waals surface area contributed by atoms with E-state index < -0.39 is 0 Å². The van der Waals surface area contributed by atoms with Crippen molar-refractivity contribution in [1.29, 1.82) is 0 Å². The first-order valence-electron chi connectivity index (χ1n) is 6.22. The van der Waals surface area contributed by atoms with Crippen molar-refractivity contribution in [2.24, 2.45) is 17.3 Å². The summed E-state index contributed by atoms with van der Waals surface area (Å²) in [5, 5.41) is 11.8. The third kappa shape index (κ3) is 3.64. The summed E-state index contributed by atoms with van der Waals surface area (Å²) in [4.78, 5) is 4.12. The standard InChI is InChI=1S/C14H19N5/c1-14(2,3)16-11-7-5-6-8-12(11)17-18-13-15-9-10-19(13)4/h5-10,16H,1-4H3. The van der Waals surface area contributed by atoms with E-state index in [9.17, 15) is 0 Å². The molecule has 0 aliphatic carbocycles. The van der Waals surface area contributed by atoms with Crippen LogP contribution in [0.3, 0.4) is 0 Å². The Balaban J connectivity index is 2.25. The van der Waals surface area contributed by atoms with Crippen LogP contribution in [0, 0.1) is 0 Å². The van der Waals surface area contributed by atoms with E-state index in [4.69, 9.17) is 0 Å². The van der Waals surface area contributed by atoms with Crippen molar-refractivity contribution in [1.82, 2.24) is 9.55 Å². The Kier molecular flexibility index (Phi) is 3.64. The Morgan fingerprint density at radius 1 is 1.16 bits per heavy atom. The van der Waals surface area contributed by atoms with Crippen LogP contribution in [0.2, 0.25) is 0 Å². The molecule has 0 spiro atoms. The number of nitrogens with one attached hydrogen (secondary N) is 1. The summed E-state index contributed by atoms with van der Waals surface area (Å²) >= 11 is 0. The van der Waals surface area contributed by atoms with E-state index >= 15 is 0 Å². The number of nitrogens with zero attached hydrogens (tertiary/aromatic N) is 4. The van der Waals surface area contributed by atoms with Crippen LogP contribution in [-0.4, -0.2) is 15.1 Å². The highest BCUT2D eigenvalue weighted by Crippen LogP contribution is 2.28. The van der Waals surface area contributed by atoms with Crippen LogP contribution in [0.1, 0.15) is 20.8 Å². The number of rotatable bonds is 3. The van der Waals surface area contributed by atoms with Gasteiger partial charge in [0.15, 0.2) is 0 Å². The molecule has 0 amide bonds. The zero-order valence-corrected chi connectivity index (χ0v) is 11.8. The van der Waals surface area contributed by atoms with Crippen molar-refractivity contribution in [3.8, 4) is 0 Å². The maximum atomic E-state index is 4.27. The lowest BCUT2D eigenvalue weighted by Gasteiger charge is -2.22. The highest BCUT2D eigenvalue weighted by Gasteiger charge is 2.11. The first-order chi connectivity index (χ1) is 8.96. The summed E-state index contributed by atoms with van der Waals surface area (Å²) in [5.74, 6) is 0.588. The van der Waals surface area contributed by atoms with Gasteiger partial charge in [-0.1, -0.05) is 12.1 Å². The normalized spacial score (nSPS) is 12.0. The zero-order chi connectivity index (χ0) is 13.9. The number of para-hydroxylation sites is 1. The van der Waals surface area contributed by atoms with Gasteiger partial charge in [0.2, 0.25) is 5.95 Å². The number of hydrogen-bond donors (Lipinski definition) is 1. The van der Waals surface area contributed by atoms with Gasteiger partial charge in [0.05, 0.1) is 5.69 Å². The summed E-state index contributed by atoms with van der Waals surface area (Å²) in [6, 6.07) is 7.85. The van der Waals surface area contributed by atoms with Gasteiger partial charge < -0.3 is 9.88 Å². The fraction of sp³-hybridized carbons (Fsp3) is 0.357. The molecule has 0 aliphatic rings. The van der Waals surface area contributed by atoms with E-state index in [-0.39, 0.29) is 5.54 Å². The predicted octanol–water partition coefficient (Wildman–Crippen LogP) is 4.05. The lowest BCUT2D eigenvalue weighted by molar-refractivity contribution is 0.634. The summed E-state index contributed by atoms with van der Waals surface area (Å²) in [6.45, 7) is 6.33. The molecule has 5 nitrogen and oxygen atoms in total. The van der Waals surface area contributed by atoms with Crippen LogP contribution in [0.25, 0.3) is 0 Å². The quantitative estimate of drug-likeness (QED) is 0.843. The number of aryl methyl sites for hydroxylation is 1. The smallest absolute Gasteiger partial charge is 0.249 e. The van der Waals surface area contributed by atoms with Crippen LogP contribution >= 0.6 is 0 Å². The van der Waals surface area contributed by atoms with Crippen molar-refractivity contribution >= 4 is 17.3 Å². The molecule has 1 N–H and O–H groups in total. The minimum absolute atomic E-state index is 0.0190. The molecular formula is C14H19N5. The maximum absolute atomic E-state index is 4.27. The SMILES string of the molecule is Cn1ccnc1N=Nc1ccccc1NC(C)(C)C. The summed E-state index contributed by atoms with van der Waals surface area (Å²) in [6.07, 6.45) is 3.54. The van der Waals surface area contributed by atoms with E-state index in [1.165, 1.54) is 0 Å².